The third kappa shape index (κ3) is 6.14. The summed E-state index contributed by atoms with van der Waals surface area (Å²) in [6, 6.07) is 8.60. The second-order valence-corrected chi connectivity index (χ2v) is 10.1. The van der Waals surface area contributed by atoms with Crippen LogP contribution in [-0.2, 0) is 22.6 Å². The average Bonchev–Trinajstić information content (AvgIpc) is 3.35. The molecule has 0 radical (unpaired) electrons. The molecule has 1 aliphatic carbocycles. The number of ether oxygens (including phenoxy) is 2. The predicted octanol–water partition coefficient (Wildman–Crippen LogP) is 2.21. The molecule has 4 atom stereocenters. The van der Waals surface area contributed by atoms with Gasteiger partial charge >= 0.3 is 0 Å². The van der Waals surface area contributed by atoms with Crippen molar-refractivity contribution < 1.29 is 38.8 Å². The lowest BCUT2D eigenvalue weighted by Gasteiger charge is -2.41. The monoisotopic (exact) mass is 556 g/mol. The number of unbranched alkanes of at least 4 members (excludes halogenated alkanes) is 1. The summed E-state index contributed by atoms with van der Waals surface area (Å²) in [5, 5.41) is 33.5. The largest absolute Gasteiger partial charge is 0.493 e. The van der Waals surface area contributed by atoms with Crippen LogP contribution in [0.4, 0.5) is 4.39 Å². The van der Waals surface area contributed by atoms with Crippen molar-refractivity contribution >= 4 is 11.8 Å². The van der Waals surface area contributed by atoms with Crippen molar-refractivity contribution in [3.05, 3.63) is 70.6 Å². The van der Waals surface area contributed by atoms with E-state index >= 15 is 0 Å². The number of rotatable bonds is 12. The fraction of sp³-hybridized carbons (Fsp3) is 0.467. The first-order valence-corrected chi connectivity index (χ1v) is 13.6. The third-order valence-electron chi connectivity index (χ3n) is 7.45. The molecular weight excluding hydrogens is 519 g/mol. The normalized spacial score (nSPS) is 21.1. The van der Waals surface area contributed by atoms with Gasteiger partial charge in [0.05, 0.1) is 32.3 Å². The van der Waals surface area contributed by atoms with Crippen molar-refractivity contribution in [2.24, 2.45) is 0 Å². The Morgan fingerprint density at radius 2 is 1.98 bits per heavy atom. The number of aliphatic hydroxyl groups is 3. The molecule has 0 saturated carbocycles. The maximum Gasteiger partial charge on any atom is 0.247 e. The van der Waals surface area contributed by atoms with Gasteiger partial charge < -0.3 is 35.0 Å². The smallest absolute Gasteiger partial charge is 0.247 e. The van der Waals surface area contributed by atoms with E-state index in [-0.39, 0.29) is 50.0 Å². The summed E-state index contributed by atoms with van der Waals surface area (Å²) in [5.74, 6) is -1.01. The van der Waals surface area contributed by atoms with E-state index in [1.165, 1.54) is 19.2 Å². The van der Waals surface area contributed by atoms with Gasteiger partial charge in [-0.2, -0.15) is 0 Å². The van der Waals surface area contributed by atoms with Crippen molar-refractivity contribution in [2.45, 2.75) is 63.4 Å². The van der Waals surface area contributed by atoms with E-state index < -0.39 is 30.1 Å². The molecule has 4 rings (SSSR count). The standard InChI is InChI=1S/C30H37FN2O7/c1-3-4-8-25(36)33(11-9-18-6-5-7-20(31)13-18)23-16-22(30(38)32-10-12-34)26-21-14-19(17-35)15-24(39-2)28(21)40-29(26)27(23)37/h5-7,13-16,23,26-27,29,34-35,37H,3-4,8-12,17H2,1-2H3,(H,32,38). The van der Waals surface area contributed by atoms with Crippen molar-refractivity contribution in [3.8, 4) is 11.5 Å². The minimum Gasteiger partial charge on any atom is -0.493 e. The zero-order valence-electron chi connectivity index (χ0n) is 22.8. The highest BCUT2D eigenvalue weighted by atomic mass is 19.1. The van der Waals surface area contributed by atoms with Crippen LogP contribution in [0.5, 0.6) is 11.5 Å². The van der Waals surface area contributed by atoms with Crippen LogP contribution in [-0.4, -0.2) is 77.1 Å². The van der Waals surface area contributed by atoms with Crippen molar-refractivity contribution in [3.63, 3.8) is 0 Å². The number of aliphatic hydroxyl groups excluding tert-OH is 3. The lowest BCUT2D eigenvalue weighted by Crippen LogP contribution is -2.56. The van der Waals surface area contributed by atoms with Crippen LogP contribution >= 0.6 is 0 Å². The molecule has 2 aliphatic rings. The average molecular weight is 557 g/mol. The number of fused-ring (bicyclic) bond motifs is 3. The van der Waals surface area contributed by atoms with Gasteiger partial charge in [0, 0.05) is 30.6 Å². The second-order valence-electron chi connectivity index (χ2n) is 10.1. The highest BCUT2D eigenvalue weighted by Gasteiger charge is 2.51. The van der Waals surface area contributed by atoms with Crippen molar-refractivity contribution in [2.75, 3.05) is 26.8 Å². The number of hydrogen-bond acceptors (Lipinski definition) is 7. The molecule has 4 N–H and O–H groups in total. The number of carbonyl (C=O) groups excluding carboxylic acids is 2. The number of nitrogens with zero attached hydrogens (tertiary/aromatic N) is 1. The van der Waals surface area contributed by atoms with E-state index in [9.17, 15) is 29.3 Å². The Bertz CT molecular complexity index is 1250. The van der Waals surface area contributed by atoms with E-state index in [1.807, 2.05) is 6.92 Å². The lowest BCUT2D eigenvalue weighted by atomic mass is 9.77. The van der Waals surface area contributed by atoms with Crippen LogP contribution in [0.2, 0.25) is 0 Å². The molecule has 2 aromatic rings. The van der Waals surface area contributed by atoms with E-state index in [2.05, 4.69) is 5.32 Å². The summed E-state index contributed by atoms with van der Waals surface area (Å²) in [7, 11) is 1.46. The predicted molar refractivity (Wildman–Crippen MR) is 145 cm³/mol. The highest BCUT2D eigenvalue weighted by molar-refractivity contribution is 5.96. The molecule has 0 spiro atoms. The third-order valence-corrected chi connectivity index (χ3v) is 7.45. The molecule has 0 saturated heterocycles. The van der Waals surface area contributed by atoms with Gasteiger partial charge in [-0.05, 0) is 54.3 Å². The minimum absolute atomic E-state index is 0.0210. The van der Waals surface area contributed by atoms with E-state index in [0.717, 1.165) is 6.42 Å². The molecule has 0 bridgehead atoms. The molecular formula is C30H37FN2O7. The van der Waals surface area contributed by atoms with Crippen molar-refractivity contribution in [1.82, 2.24) is 10.2 Å². The topological polar surface area (TPSA) is 129 Å². The molecule has 0 aromatic heterocycles. The number of hydrogen-bond donors (Lipinski definition) is 4. The summed E-state index contributed by atoms with van der Waals surface area (Å²) >= 11 is 0. The van der Waals surface area contributed by atoms with Crippen LogP contribution < -0.4 is 14.8 Å². The van der Waals surface area contributed by atoms with Gasteiger partial charge in [0.1, 0.15) is 18.0 Å². The minimum atomic E-state index is -1.20. The number of methoxy groups -OCH3 is 1. The molecule has 2 amide bonds. The maximum absolute atomic E-state index is 13.8. The molecule has 10 heteroatoms. The van der Waals surface area contributed by atoms with Gasteiger partial charge in [-0.3, -0.25) is 9.59 Å². The first-order chi connectivity index (χ1) is 19.3. The van der Waals surface area contributed by atoms with Gasteiger partial charge in [-0.1, -0.05) is 25.5 Å². The second kappa shape index (κ2) is 13.3. The Morgan fingerprint density at radius 1 is 1.18 bits per heavy atom. The molecule has 1 aliphatic heterocycles. The Hall–Kier alpha value is -3.47. The number of benzene rings is 2. The lowest BCUT2D eigenvalue weighted by molar-refractivity contribution is -0.137. The fourth-order valence-corrected chi connectivity index (χ4v) is 5.47. The highest BCUT2D eigenvalue weighted by Crippen LogP contribution is 2.51. The van der Waals surface area contributed by atoms with Crippen LogP contribution in [0, 0.1) is 5.82 Å². The van der Waals surface area contributed by atoms with E-state index in [0.29, 0.717) is 41.0 Å². The Kier molecular flexibility index (Phi) is 9.78. The molecule has 1 heterocycles. The number of amides is 2. The van der Waals surface area contributed by atoms with Gasteiger partial charge in [0.15, 0.2) is 11.5 Å². The Morgan fingerprint density at radius 3 is 2.65 bits per heavy atom. The van der Waals surface area contributed by atoms with Crippen LogP contribution in [0.3, 0.4) is 0 Å². The molecule has 9 nitrogen and oxygen atoms in total. The van der Waals surface area contributed by atoms with Crippen LogP contribution in [0.25, 0.3) is 0 Å². The number of halogens is 1. The summed E-state index contributed by atoms with van der Waals surface area (Å²) < 4.78 is 25.6. The quantitative estimate of drug-likeness (QED) is 0.316. The van der Waals surface area contributed by atoms with E-state index in [4.69, 9.17) is 9.47 Å². The van der Waals surface area contributed by atoms with Gasteiger partial charge in [0.25, 0.3) is 0 Å². The van der Waals surface area contributed by atoms with Crippen LogP contribution in [0.1, 0.15) is 48.8 Å². The van der Waals surface area contributed by atoms with Crippen LogP contribution in [0.15, 0.2) is 48.0 Å². The Balaban J connectivity index is 1.76. The maximum atomic E-state index is 13.8. The molecule has 216 valence electrons. The summed E-state index contributed by atoms with van der Waals surface area (Å²) in [6.45, 7) is 1.67. The molecule has 0 fully saturated rings. The zero-order chi connectivity index (χ0) is 28.8. The first kappa shape index (κ1) is 29.5. The SMILES string of the molecule is CCCCC(=O)N(CCc1cccc(F)c1)C1C=C(C(=O)NCCO)C2c3cc(CO)cc(OC)c3OC2C1O. The first-order valence-electron chi connectivity index (χ1n) is 13.6. The van der Waals surface area contributed by atoms with Gasteiger partial charge in [0.2, 0.25) is 11.8 Å². The summed E-state index contributed by atoms with van der Waals surface area (Å²) in [6.07, 6.45) is 1.54. The van der Waals surface area contributed by atoms with Gasteiger partial charge in [-0.15, -0.1) is 0 Å². The summed E-state index contributed by atoms with van der Waals surface area (Å²) in [5.41, 5.74) is 2.12. The number of nitrogens with one attached hydrogen (secondary N) is 1. The van der Waals surface area contributed by atoms with Gasteiger partial charge in [-0.25, -0.2) is 4.39 Å². The Labute approximate surface area is 233 Å². The van der Waals surface area contributed by atoms with Crippen molar-refractivity contribution in [1.29, 1.82) is 0 Å². The molecule has 40 heavy (non-hydrogen) atoms. The number of carbonyl (C=O) groups is 2. The summed E-state index contributed by atoms with van der Waals surface area (Å²) in [4.78, 5) is 28.4. The fourth-order valence-electron chi connectivity index (χ4n) is 5.47. The van der Waals surface area contributed by atoms with E-state index in [1.54, 1.807) is 35.2 Å². The molecule has 4 unspecified atom stereocenters. The molecule has 2 aromatic carbocycles. The zero-order valence-corrected chi connectivity index (χ0v) is 22.8.